The lowest BCUT2D eigenvalue weighted by Gasteiger charge is -2.28. The Morgan fingerprint density at radius 2 is 2.41 bits per heavy atom. The standard InChI is InChI=1S/C12H19N3O2/c1-9(2)12-13-11(14-17-12)7-15-5-3-4-10(6-15)8-16/h8-10H,3-7H2,1-2H3. The molecule has 94 valence electrons. The van der Waals surface area contributed by atoms with Crippen molar-refractivity contribution in [2.75, 3.05) is 13.1 Å². The highest BCUT2D eigenvalue weighted by atomic mass is 16.5. The molecule has 2 heterocycles. The predicted molar refractivity (Wildman–Crippen MR) is 62.5 cm³/mol. The maximum absolute atomic E-state index is 10.8. The highest BCUT2D eigenvalue weighted by Crippen LogP contribution is 2.17. The van der Waals surface area contributed by atoms with Crippen LogP contribution >= 0.6 is 0 Å². The van der Waals surface area contributed by atoms with Crippen LogP contribution in [0.3, 0.4) is 0 Å². The molecule has 0 aliphatic carbocycles. The Labute approximate surface area is 101 Å². The van der Waals surface area contributed by atoms with Gasteiger partial charge in [0.2, 0.25) is 5.89 Å². The Bertz CT molecular complexity index is 376. The number of aldehydes is 1. The van der Waals surface area contributed by atoms with Crippen molar-refractivity contribution in [2.24, 2.45) is 5.92 Å². The summed E-state index contributed by atoms with van der Waals surface area (Å²) in [6, 6.07) is 0. The molecule has 1 aliphatic rings. The first-order valence-corrected chi connectivity index (χ1v) is 6.19. The lowest BCUT2D eigenvalue weighted by atomic mass is 10.00. The Kier molecular flexibility index (Phi) is 3.89. The lowest BCUT2D eigenvalue weighted by Crippen LogP contribution is -2.35. The van der Waals surface area contributed by atoms with E-state index < -0.39 is 0 Å². The van der Waals surface area contributed by atoms with E-state index in [2.05, 4.69) is 15.0 Å². The van der Waals surface area contributed by atoms with Gasteiger partial charge >= 0.3 is 0 Å². The van der Waals surface area contributed by atoms with Gasteiger partial charge in [0.15, 0.2) is 5.82 Å². The molecule has 0 N–H and O–H groups in total. The second-order valence-corrected chi connectivity index (χ2v) is 4.98. The molecule has 1 atom stereocenters. The summed E-state index contributed by atoms with van der Waals surface area (Å²) in [6.07, 6.45) is 3.13. The molecule has 1 aromatic rings. The van der Waals surface area contributed by atoms with E-state index in [4.69, 9.17) is 4.52 Å². The largest absolute Gasteiger partial charge is 0.339 e. The molecule has 0 bridgehead atoms. The van der Waals surface area contributed by atoms with Crippen LogP contribution in [0.15, 0.2) is 4.52 Å². The zero-order valence-electron chi connectivity index (χ0n) is 10.4. The van der Waals surface area contributed by atoms with E-state index in [0.717, 1.165) is 38.0 Å². The van der Waals surface area contributed by atoms with Crippen molar-refractivity contribution in [1.29, 1.82) is 0 Å². The van der Waals surface area contributed by atoms with Crippen LogP contribution in [0.1, 0.15) is 44.3 Å². The summed E-state index contributed by atoms with van der Waals surface area (Å²) >= 11 is 0. The van der Waals surface area contributed by atoms with Gasteiger partial charge in [-0.1, -0.05) is 19.0 Å². The summed E-state index contributed by atoms with van der Waals surface area (Å²) in [6.45, 7) is 6.56. The molecule has 0 amide bonds. The van der Waals surface area contributed by atoms with Crippen molar-refractivity contribution in [2.45, 2.75) is 39.2 Å². The Morgan fingerprint density at radius 3 is 3.06 bits per heavy atom. The Hall–Kier alpha value is -1.23. The molecule has 1 fully saturated rings. The molecule has 17 heavy (non-hydrogen) atoms. The van der Waals surface area contributed by atoms with Crippen LogP contribution in [-0.2, 0) is 11.3 Å². The monoisotopic (exact) mass is 237 g/mol. The molecule has 1 aliphatic heterocycles. The minimum absolute atomic E-state index is 0.167. The number of aromatic nitrogens is 2. The van der Waals surface area contributed by atoms with Gasteiger partial charge in [-0.3, -0.25) is 4.90 Å². The smallest absolute Gasteiger partial charge is 0.229 e. The number of nitrogens with zero attached hydrogens (tertiary/aromatic N) is 3. The average molecular weight is 237 g/mol. The summed E-state index contributed by atoms with van der Waals surface area (Å²) in [5, 5.41) is 3.97. The fraction of sp³-hybridized carbons (Fsp3) is 0.750. The minimum Gasteiger partial charge on any atom is -0.339 e. The van der Waals surface area contributed by atoms with Gasteiger partial charge in [0.1, 0.15) is 6.29 Å². The summed E-state index contributed by atoms with van der Waals surface area (Å²) < 4.78 is 5.16. The van der Waals surface area contributed by atoms with Crippen molar-refractivity contribution in [3.63, 3.8) is 0 Å². The van der Waals surface area contributed by atoms with Crippen LogP contribution in [0.5, 0.6) is 0 Å². The quantitative estimate of drug-likeness (QED) is 0.744. The molecule has 0 radical (unpaired) electrons. The molecule has 0 saturated carbocycles. The van der Waals surface area contributed by atoms with Gasteiger partial charge in [0.25, 0.3) is 0 Å². The van der Waals surface area contributed by atoms with Crippen molar-refractivity contribution in [3.05, 3.63) is 11.7 Å². The molecule has 1 saturated heterocycles. The Morgan fingerprint density at radius 1 is 1.59 bits per heavy atom. The topological polar surface area (TPSA) is 59.2 Å². The van der Waals surface area contributed by atoms with Crippen LogP contribution in [0.2, 0.25) is 0 Å². The maximum Gasteiger partial charge on any atom is 0.229 e. The van der Waals surface area contributed by atoms with Crippen LogP contribution in [0.25, 0.3) is 0 Å². The summed E-state index contributed by atoms with van der Waals surface area (Å²) in [5.41, 5.74) is 0. The van der Waals surface area contributed by atoms with Gasteiger partial charge < -0.3 is 9.32 Å². The van der Waals surface area contributed by atoms with Crippen LogP contribution in [0, 0.1) is 5.92 Å². The number of piperidine rings is 1. The van der Waals surface area contributed by atoms with Crippen molar-refractivity contribution >= 4 is 6.29 Å². The van der Waals surface area contributed by atoms with E-state index in [9.17, 15) is 4.79 Å². The molecule has 5 heteroatoms. The first kappa shape index (κ1) is 12.2. The molecular weight excluding hydrogens is 218 g/mol. The molecular formula is C12H19N3O2. The SMILES string of the molecule is CC(C)c1nc(CN2CCCC(C=O)C2)no1. The summed E-state index contributed by atoms with van der Waals surface area (Å²) in [5.74, 6) is 1.84. The summed E-state index contributed by atoms with van der Waals surface area (Å²) in [4.78, 5) is 17.3. The number of carbonyl (C=O) groups is 1. The van der Waals surface area contributed by atoms with Crippen molar-refractivity contribution in [3.8, 4) is 0 Å². The molecule has 1 unspecified atom stereocenters. The van der Waals surface area contributed by atoms with E-state index in [-0.39, 0.29) is 11.8 Å². The number of likely N-dealkylation sites (tertiary alicyclic amines) is 1. The van der Waals surface area contributed by atoms with E-state index >= 15 is 0 Å². The fourth-order valence-corrected chi connectivity index (χ4v) is 2.11. The fourth-order valence-electron chi connectivity index (χ4n) is 2.11. The van der Waals surface area contributed by atoms with Gasteiger partial charge in [-0.2, -0.15) is 4.98 Å². The highest BCUT2D eigenvalue weighted by molar-refractivity contribution is 5.53. The van der Waals surface area contributed by atoms with Crippen LogP contribution < -0.4 is 0 Å². The average Bonchev–Trinajstić information content (AvgIpc) is 2.78. The number of hydrogen-bond donors (Lipinski definition) is 0. The third-order valence-electron chi connectivity index (χ3n) is 3.08. The second-order valence-electron chi connectivity index (χ2n) is 4.98. The minimum atomic E-state index is 0.167. The second kappa shape index (κ2) is 5.40. The number of hydrogen-bond acceptors (Lipinski definition) is 5. The van der Waals surface area contributed by atoms with Crippen LogP contribution in [-0.4, -0.2) is 34.4 Å². The van der Waals surface area contributed by atoms with Crippen molar-refractivity contribution < 1.29 is 9.32 Å². The van der Waals surface area contributed by atoms with E-state index in [1.807, 2.05) is 13.8 Å². The third-order valence-corrected chi connectivity index (χ3v) is 3.08. The molecule has 0 spiro atoms. The Balaban J connectivity index is 1.93. The molecule has 5 nitrogen and oxygen atoms in total. The first-order valence-electron chi connectivity index (χ1n) is 6.19. The third kappa shape index (κ3) is 3.12. The van der Waals surface area contributed by atoms with Gasteiger partial charge in [0.05, 0.1) is 6.54 Å². The van der Waals surface area contributed by atoms with Gasteiger partial charge in [0, 0.05) is 18.4 Å². The summed E-state index contributed by atoms with van der Waals surface area (Å²) in [7, 11) is 0. The highest BCUT2D eigenvalue weighted by Gasteiger charge is 2.21. The normalized spacial score (nSPS) is 21.9. The lowest BCUT2D eigenvalue weighted by molar-refractivity contribution is -0.112. The van der Waals surface area contributed by atoms with Gasteiger partial charge in [-0.05, 0) is 19.4 Å². The number of carbonyl (C=O) groups excluding carboxylic acids is 1. The predicted octanol–water partition coefficient (Wildman–Crippen LogP) is 1.60. The van der Waals surface area contributed by atoms with E-state index in [1.54, 1.807) is 0 Å². The van der Waals surface area contributed by atoms with E-state index in [1.165, 1.54) is 0 Å². The van der Waals surface area contributed by atoms with Crippen LogP contribution in [0.4, 0.5) is 0 Å². The first-order chi connectivity index (χ1) is 8.19. The molecule has 2 rings (SSSR count). The molecule has 1 aromatic heterocycles. The van der Waals surface area contributed by atoms with Gasteiger partial charge in [-0.15, -0.1) is 0 Å². The van der Waals surface area contributed by atoms with E-state index in [0.29, 0.717) is 12.4 Å². The zero-order chi connectivity index (χ0) is 12.3. The van der Waals surface area contributed by atoms with Crippen molar-refractivity contribution in [1.82, 2.24) is 15.0 Å². The zero-order valence-corrected chi connectivity index (χ0v) is 10.4. The maximum atomic E-state index is 10.8. The number of rotatable bonds is 4. The molecule has 0 aromatic carbocycles. The van der Waals surface area contributed by atoms with Gasteiger partial charge in [-0.25, -0.2) is 0 Å².